The quantitative estimate of drug-likeness (QED) is 0.219. The van der Waals surface area contributed by atoms with Crippen LogP contribution in [0.4, 0.5) is 18.9 Å². The first-order valence-corrected chi connectivity index (χ1v) is 12.1. The molecule has 1 unspecified atom stereocenters. The van der Waals surface area contributed by atoms with Crippen molar-refractivity contribution in [1.29, 1.82) is 0 Å². The van der Waals surface area contributed by atoms with Gasteiger partial charge in [0.25, 0.3) is 0 Å². The highest BCUT2D eigenvalue weighted by Crippen LogP contribution is 2.16. The molecule has 0 bridgehead atoms. The van der Waals surface area contributed by atoms with E-state index in [1.165, 1.54) is 0 Å². The first kappa shape index (κ1) is 38.7. The summed E-state index contributed by atoms with van der Waals surface area (Å²) in [6, 6.07) is 4.87. The third-order valence-corrected chi connectivity index (χ3v) is 3.71. The number of aliphatic hydroxyl groups excluding tert-OH is 2. The van der Waals surface area contributed by atoms with Crippen LogP contribution in [0.3, 0.4) is 0 Å². The minimum absolute atomic E-state index is 0.394. The molecule has 0 saturated carbocycles. The number of hydrogen-bond acceptors (Lipinski definition) is 8. The standard InChI is InChI=1S/C9H10N2O4.C8H18N2.C4H5F3O.2C2H6/c12-4-8(13)10-5-1-2-6-7(3-5)15-9(14)11-6;1-4-7-10(5-2)8-6-9-3;1-2-3-8-4(5,6)7;2*1-2/h1-3,8,10,12-13H,4H2,(H,11,14);4,7,9H,5-6,8H2,1-3H3;2H,1,3H2;2*1-2H3/b;7-4+;;;. The number of aromatic amines is 1. The molecule has 37 heavy (non-hydrogen) atoms. The van der Waals surface area contributed by atoms with Crippen molar-refractivity contribution in [1.82, 2.24) is 15.2 Å². The topological polar surface area (TPSA) is 123 Å². The van der Waals surface area contributed by atoms with E-state index < -0.39 is 31.6 Å². The monoisotopic (exact) mass is 538 g/mol. The summed E-state index contributed by atoms with van der Waals surface area (Å²) < 4.78 is 41.0. The molecule has 0 spiro atoms. The van der Waals surface area contributed by atoms with Crippen LogP contribution in [0.1, 0.15) is 41.5 Å². The predicted octanol–water partition coefficient (Wildman–Crippen LogP) is 4.67. The van der Waals surface area contributed by atoms with Gasteiger partial charge in [-0.1, -0.05) is 39.8 Å². The summed E-state index contributed by atoms with van der Waals surface area (Å²) in [5.41, 5.74) is 1.55. The van der Waals surface area contributed by atoms with Crippen LogP contribution in [0.25, 0.3) is 11.1 Å². The average Bonchev–Trinajstić information content (AvgIpc) is 3.27. The molecule has 2 aromatic rings. The number of fused-ring (bicyclic) bond motifs is 1. The average molecular weight is 539 g/mol. The Morgan fingerprint density at radius 1 is 1.27 bits per heavy atom. The summed E-state index contributed by atoms with van der Waals surface area (Å²) in [7, 11) is 1.98. The fourth-order valence-electron chi connectivity index (χ4n) is 2.23. The molecule has 12 heteroatoms. The molecule has 0 saturated heterocycles. The first-order chi connectivity index (χ1) is 17.6. The Balaban J connectivity index is -0.000000462. The molecular weight excluding hydrogens is 493 g/mol. The maximum atomic E-state index is 11.0. The highest BCUT2D eigenvalue weighted by atomic mass is 19.4. The van der Waals surface area contributed by atoms with Gasteiger partial charge >= 0.3 is 12.1 Å². The van der Waals surface area contributed by atoms with E-state index in [0.717, 1.165) is 25.7 Å². The fourth-order valence-corrected chi connectivity index (χ4v) is 2.23. The molecule has 0 aliphatic rings. The summed E-state index contributed by atoms with van der Waals surface area (Å²) in [6.07, 6.45) is -0.328. The summed E-state index contributed by atoms with van der Waals surface area (Å²) >= 11 is 0. The van der Waals surface area contributed by atoms with Crippen molar-refractivity contribution in [2.75, 3.05) is 45.2 Å². The summed E-state index contributed by atoms with van der Waals surface area (Å²) in [4.78, 5) is 15.6. The third kappa shape index (κ3) is 22.1. The Hall–Kier alpha value is -2.80. The number of alkyl halides is 3. The number of aliphatic hydroxyl groups is 2. The van der Waals surface area contributed by atoms with Crippen molar-refractivity contribution < 1.29 is 32.5 Å². The highest BCUT2D eigenvalue weighted by molar-refractivity contribution is 5.76. The number of ether oxygens (including phenoxy) is 1. The molecule has 1 atom stereocenters. The molecule has 1 aromatic carbocycles. The minimum Gasteiger partial charge on any atom is -0.408 e. The Kier molecular flexibility index (Phi) is 26.0. The van der Waals surface area contributed by atoms with Gasteiger partial charge in [0.1, 0.15) is 6.23 Å². The number of rotatable bonds is 10. The number of anilines is 1. The van der Waals surface area contributed by atoms with Gasteiger partial charge in [-0.25, -0.2) is 4.79 Å². The van der Waals surface area contributed by atoms with Gasteiger partial charge in [0.05, 0.1) is 18.7 Å². The van der Waals surface area contributed by atoms with Gasteiger partial charge in [0.2, 0.25) is 0 Å². The maximum absolute atomic E-state index is 11.0. The van der Waals surface area contributed by atoms with Crippen molar-refractivity contribution in [3.8, 4) is 0 Å². The van der Waals surface area contributed by atoms with Crippen LogP contribution in [0.2, 0.25) is 0 Å². The fraction of sp³-hybridized carbons (Fsp3) is 0.560. The van der Waals surface area contributed by atoms with Crippen LogP contribution in [0, 0.1) is 0 Å². The molecule has 2 rings (SSSR count). The molecule has 216 valence electrons. The van der Waals surface area contributed by atoms with E-state index in [-0.39, 0.29) is 0 Å². The molecule has 0 aliphatic heterocycles. The molecule has 0 fully saturated rings. The van der Waals surface area contributed by atoms with Crippen molar-refractivity contribution in [3.05, 3.63) is 53.7 Å². The van der Waals surface area contributed by atoms with Crippen LogP contribution in [-0.4, -0.2) is 72.6 Å². The number of benzene rings is 1. The van der Waals surface area contributed by atoms with Crippen LogP contribution >= 0.6 is 0 Å². The molecule has 5 N–H and O–H groups in total. The Bertz CT molecular complexity index is 870. The van der Waals surface area contributed by atoms with Gasteiger partial charge in [-0.3, -0.25) is 9.72 Å². The lowest BCUT2D eigenvalue weighted by molar-refractivity contribution is -0.319. The Morgan fingerprint density at radius 3 is 2.32 bits per heavy atom. The van der Waals surface area contributed by atoms with Gasteiger partial charge in [0.15, 0.2) is 5.58 Å². The largest absolute Gasteiger partial charge is 0.522 e. The highest BCUT2D eigenvalue weighted by Gasteiger charge is 2.27. The Morgan fingerprint density at radius 2 is 1.89 bits per heavy atom. The zero-order chi connectivity index (χ0) is 29.3. The zero-order valence-electron chi connectivity index (χ0n) is 23.0. The lowest BCUT2D eigenvalue weighted by Gasteiger charge is -2.16. The van der Waals surface area contributed by atoms with Crippen LogP contribution < -0.4 is 16.4 Å². The summed E-state index contributed by atoms with van der Waals surface area (Å²) in [5.74, 6) is -0.523. The van der Waals surface area contributed by atoms with E-state index >= 15 is 0 Å². The number of halogens is 3. The predicted molar refractivity (Wildman–Crippen MR) is 144 cm³/mol. The number of allylic oxidation sites excluding steroid dienone is 1. The summed E-state index contributed by atoms with van der Waals surface area (Å²) in [6.45, 7) is 17.6. The van der Waals surface area contributed by atoms with Gasteiger partial charge in [-0.05, 0) is 39.2 Å². The van der Waals surface area contributed by atoms with Crippen molar-refractivity contribution >= 4 is 16.8 Å². The van der Waals surface area contributed by atoms with Crippen LogP contribution in [-0.2, 0) is 4.74 Å². The third-order valence-electron chi connectivity index (χ3n) is 3.71. The second-order valence-corrected chi connectivity index (χ2v) is 6.33. The SMILES string of the molecule is C/C=C/N(CC)CCNC.C=CCOC(F)(F)F.CC.CC.O=c1[nH]c2ccc(NC(O)CO)cc2o1. The molecular formula is C25H45F3N4O5. The molecule has 0 radical (unpaired) electrons. The van der Waals surface area contributed by atoms with Gasteiger partial charge < -0.3 is 30.2 Å². The molecule has 0 aliphatic carbocycles. The van der Waals surface area contributed by atoms with E-state index in [1.807, 2.05) is 41.7 Å². The smallest absolute Gasteiger partial charge is 0.408 e. The number of nitrogens with one attached hydrogen (secondary N) is 3. The van der Waals surface area contributed by atoms with E-state index in [2.05, 4.69) is 51.0 Å². The van der Waals surface area contributed by atoms with E-state index in [1.54, 1.807) is 18.2 Å². The van der Waals surface area contributed by atoms with E-state index in [0.29, 0.717) is 16.8 Å². The van der Waals surface area contributed by atoms with Gasteiger partial charge in [0, 0.05) is 31.4 Å². The van der Waals surface area contributed by atoms with Crippen molar-refractivity contribution in [2.45, 2.75) is 54.1 Å². The normalized spacial score (nSPS) is 10.9. The van der Waals surface area contributed by atoms with E-state index in [4.69, 9.17) is 14.6 Å². The minimum atomic E-state index is -4.52. The number of hydrogen-bond donors (Lipinski definition) is 5. The zero-order valence-corrected chi connectivity index (χ0v) is 23.0. The second-order valence-electron chi connectivity index (χ2n) is 6.33. The number of likely N-dealkylation sites (N-methyl/N-ethyl adjacent to an activating group) is 2. The molecule has 1 aromatic heterocycles. The van der Waals surface area contributed by atoms with Crippen LogP contribution in [0.15, 0.2) is 52.3 Å². The molecule has 9 nitrogen and oxygen atoms in total. The Labute approximate surface area is 218 Å². The van der Waals surface area contributed by atoms with Gasteiger partial charge in [-0.15, -0.1) is 19.8 Å². The second kappa shape index (κ2) is 24.9. The number of nitrogens with zero attached hydrogens (tertiary/aromatic N) is 1. The van der Waals surface area contributed by atoms with Gasteiger partial charge in [-0.2, -0.15) is 0 Å². The first-order valence-electron chi connectivity index (χ1n) is 12.1. The lowest BCUT2D eigenvalue weighted by atomic mass is 10.3. The molecule has 0 amide bonds. The number of H-pyrrole nitrogens is 1. The molecule has 1 heterocycles. The number of aromatic nitrogens is 1. The lowest BCUT2D eigenvalue weighted by Crippen LogP contribution is -2.26. The van der Waals surface area contributed by atoms with Crippen LogP contribution in [0.5, 0.6) is 0 Å². The maximum Gasteiger partial charge on any atom is 0.522 e. The van der Waals surface area contributed by atoms with Crippen molar-refractivity contribution in [3.63, 3.8) is 0 Å². The number of oxazole rings is 1. The van der Waals surface area contributed by atoms with Crippen molar-refractivity contribution in [2.24, 2.45) is 0 Å². The summed E-state index contributed by atoms with van der Waals surface area (Å²) in [5, 5.41) is 23.5. The van der Waals surface area contributed by atoms with E-state index in [9.17, 15) is 18.0 Å².